The average molecular weight is 286 g/mol. The molecule has 0 radical (unpaired) electrons. The molecule has 0 aromatic heterocycles. The molecule has 0 aliphatic heterocycles. The van der Waals surface area contributed by atoms with Crippen LogP contribution in [0.2, 0.25) is 0 Å². The zero-order valence-corrected chi connectivity index (χ0v) is 11.9. The zero-order valence-electron chi connectivity index (χ0n) is 11.0. The number of rotatable bonds is 6. The number of carbonyl (C=O) groups is 1. The molecule has 0 saturated carbocycles. The first-order chi connectivity index (χ1) is 8.82. The van der Waals surface area contributed by atoms with Crippen LogP contribution in [0.1, 0.15) is 12.5 Å². The molecule has 1 aromatic rings. The second-order valence-electron chi connectivity index (χ2n) is 3.96. The Morgan fingerprint density at radius 3 is 2.53 bits per heavy atom. The van der Waals surface area contributed by atoms with E-state index in [-0.39, 0.29) is 17.2 Å². The number of hydrogen-bond donors (Lipinski definition) is 0. The standard InChI is InChI=1S/C12H17NO5S/c1-4-13(8-12(14)15)19(16,17)11-7-9(2)5-6-10(11)18-3/h5-7H,4,8H2,1-3H3,(H,14,15)/p-1. The molecular weight excluding hydrogens is 270 g/mol. The third-order valence-electron chi connectivity index (χ3n) is 2.60. The molecule has 1 aromatic carbocycles. The van der Waals surface area contributed by atoms with E-state index in [2.05, 4.69) is 0 Å². The lowest BCUT2D eigenvalue weighted by Gasteiger charge is -2.22. The summed E-state index contributed by atoms with van der Waals surface area (Å²) in [6, 6.07) is 4.70. The van der Waals surface area contributed by atoms with Gasteiger partial charge in [0, 0.05) is 6.54 Å². The lowest BCUT2D eigenvalue weighted by molar-refractivity contribution is -0.305. The Morgan fingerprint density at radius 2 is 2.05 bits per heavy atom. The minimum absolute atomic E-state index is 0.0351. The molecule has 0 unspecified atom stereocenters. The summed E-state index contributed by atoms with van der Waals surface area (Å²) >= 11 is 0. The van der Waals surface area contributed by atoms with Gasteiger partial charge in [-0.3, -0.25) is 0 Å². The second-order valence-corrected chi connectivity index (χ2v) is 5.86. The lowest BCUT2D eigenvalue weighted by Crippen LogP contribution is -2.41. The van der Waals surface area contributed by atoms with Gasteiger partial charge in [-0.1, -0.05) is 13.0 Å². The molecule has 0 bridgehead atoms. The summed E-state index contributed by atoms with van der Waals surface area (Å²) in [7, 11) is -2.56. The SMILES string of the molecule is CCN(CC(=O)[O-])S(=O)(=O)c1cc(C)ccc1OC. The highest BCUT2D eigenvalue weighted by Crippen LogP contribution is 2.27. The van der Waals surface area contributed by atoms with Crippen molar-refractivity contribution in [3.63, 3.8) is 0 Å². The van der Waals surface area contributed by atoms with Crippen LogP contribution in [0.4, 0.5) is 0 Å². The van der Waals surface area contributed by atoms with Gasteiger partial charge >= 0.3 is 0 Å². The smallest absolute Gasteiger partial charge is 0.247 e. The molecule has 106 valence electrons. The highest BCUT2D eigenvalue weighted by molar-refractivity contribution is 7.89. The van der Waals surface area contributed by atoms with Gasteiger partial charge in [0.25, 0.3) is 0 Å². The summed E-state index contributed by atoms with van der Waals surface area (Å²) in [5, 5.41) is 10.6. The van der Waals surface area contributed by atoms with Crippen LogP contribution < -0.4 is 9.84 Å². The van der Waals surface area contributed by atoms with Gasteiger partial charge in [-0.15, -0.1) is 0 Å². The van der Waals surface area contributed by atoms with E-state index in [1.54, 1.807) is 19.9 Å². The monoisotopic (exact) mass is 286 g/mol. The summed E-state index contributed by atoms with van der Waals surface area (Å²) in [4.78, 5) is 10.6. The van der Waals surface area contributed by atoms with E-state index in [0.29, 0.717) is 0 Å². The van der Waals surface area contributed by atoms with E-state index < -0.39 is 22.5 Å². The highest BCUT2D eigenvalue weighted by Gasteiger charge is 2.26. The molecule has 7 heteroatoms. The molecular formula is C12H16NO5S-. The molecule has 0 aliphatic rings. The van der Waals surface area contributed by atoms with Gasteiger partial charge in [-0.25, -0.2) is 8.42 Å². The van der Waals surface area contributed by atoms with Crippen LogP contribution in [0.5, 0.6) is 5.75 Å². The fourth-order valence-corrected chi connectivity index (χ4v) is 3.27. The number of carboxylic acid groups (broad SMARTS) is 1. The molecule has 0 aliphatic carbocycles. The first kappa shape index (κ1) is 15.5. The maximum Gasteiger partial charge on any atom is 0.247 e. The van der Waals surface area contributed by atoms with Crippen LogP contribution in [0.25, 0.3) is 0 Å². The number of sulfonamides is 1. The predicted molar refractivity (Wildman–Crippen MR) is 67.2 cm³/mol. The van der Waals surface area contributed by atoms with Crippen molar-refractivity contribution in [1.29, 1.82) is 0 Å². The van der Waals surface area contributed by atoms with Gasteiger partial charge in [-0.05, 0) is 24.6 Å². The van der Waals surface area contributed by atoms with Crippen molar-refractivity contribution < 1.29 is 23.1 Å². The first-order valence-electron chi connectivity index (χ1n) is 5.67. The van der Waals surface area contributed by atoms with Gasteiger partial charge in [-0.2, -0.15) is 4.31 Å². The summed E-state index contributed by atoms with van der Waals surface area (Å²) < 4.78 is 30.6. The molecule has 0 heterocycles. The van der Waals surface area contributed by atoms with Crippen LogP contribution in [0.15, 0.2) is 23.1 Å². The summed E-state index contributed by atoms with van der Waals surface area (Å²) in [6.07, 6.45) is 0. The number of aryl methyl sites for hydroxylation is 1. The Balaban J connectivity index is 3.32. The Labute approximate surface area is 112 Å². The van der Waals surface area contributed by atoms with Crippen molar-refractivity contribution in [2.75, 3.05) is 20.2 Å². The Bertz CT molecular complexity index is 567. The third kappa shape index (κ3) is 3.45. The van der Waals surface area contributed by atoms with E-state index >= 15 is 0 Å². The van der Waals surface area contributed by atoms with Gasteiger partial charge in [0.2, 0.25) is 10.0 Å². The molecule has 0 N–H and O–H groups in total. The van der Waals surface area contributed by atoms with Crippen molar-refractivity contribution in [3.05, 3.63) is 23.8 Å². The average Bonchev–Trinajstić information content (AvgIpc) is 2.35. The summed E-state index contributed by atoms with van der Waals surface area (Å²) in [5.74, 6) is -1.26. The first-order valence-corrected chi connectivity index (χ1v) is 7.11. The van der Waals surface area contributed by atoms with E-state index in [9.17, 15) is 18.3 Å². The maximum absolute atomic E-state index is 12.4. The molecule has 0 saturated heterocycles. The number of hydrogen-bond acceptors (Lipinski definition) is 5. The van der Waals surface area contributed by atoms with Crippen LogP contribution in [0, 0.1) is 6.92 Å². The summed E-state index contributed by atoms with van der Waals surface area (Å²) in [5.41, 5.74) is 0.740. The van der Waals surface area contributed by atoms with Gasteiger partial charge in [0.1, 0.15) is 10.6 Å². The Hall–Kier alpha value is -1.60. The topological polar surface area (TPSA) is 86.7 Å². The number of ether oxygens (including phenoxy) is 1. The van der Waals surface area contributed by atoms with E-state index in [4.69, 9.17) is 4.74 Å². The van der Waals surface area contributed by atoms with Crippen molar-refractivity contribution >= 4 is 16.0 Å². The predicted octanol–water partition coefficient (Wildman–Crippen LogP) is -0.236. The largest absolute Gasteiger partial charge is 0.549 e. The minimum atomic E-state index is -3.92. The highest BCUT2D eigenvalue weighted by atomic mass is 32.2. The molecule has 0 spiro atoms. The van der Waals surface area contributed by atoms with Crippen molar-refractivity contribution in [2.45, 2.75) is 18.7 Å². The number of benzene rings is 1. The lowest BCUT2D eigenvalue weighted by atomic mass is 10.2. The quantitative estimate of drug-likeness (QED) is 0.720. The molecule has 0 amide bonds. The fourth-order valence-electron chi connectivity index (χ4n) is 1.64. The Kier molecular flexibility index (Phi) is 4.90. The number of nitrogens with zero attached hydrogens (tertiary/aromatic N) is 1. The molecule has 19 heavy (non-hydrogen) atoms. The number of carboxylic acids is 1. The van der Waals surface area contributed by atoms with Crippen molar-refractivity contribution in [1.82, 2.24) is 4.31 Å². The van der Waals surface area contributed by atoms with Crippen LogP contribution in [0.3, 0.4) is 0 Å². The Morgan fingerprint density at radius 1 is 1.42 bits per heavy atom. The van der Waals surface area contributed by atoms with Gasteiger partial charge in [0.15, 0.2) is 0 Å². The van der Waals surface area contributed by atoms with E-state index in [0.717, 1.165) is 9.87 Å². The van der Waals surface area contributed by atoms with Crippen molar-refractivity contribution in [3.8, 4) is 5.75 Å². The van der Waals surface area contributed by atoms with Crippen LogP contribution in [-0.4, -0.2) is 38.9 Å². The molecule has 0 fully saturated rings. The normalized spacial score (nSPS) is 11.6. The fraction of sp³-hybridized carbons (Fsp3) is 0.417. The second kappa shape index (κ2) is 6.03. The van der Waals surface area contributed by atoms with E-state index in [1.165, 1.54) is 19.2 Å². The number of carbonyl (C=O) groups excluding carboxylic acids is 1. The van der Waals surface area contributed by atoms with Gasteiger partial charge < -0.3 is 14.6 Å². The maximum atomic E-state index is 12.4. The zero-order chi connectivity index (χ0) is 14.6. The molecule has 6 nitrogen and oxygen atoms in total. The number of aliphatic carboxylic acids is 1. The summed E-state index contributed by atoms with van der Waals surface area (Å²) in [6.45, 7) is 2.65. The van der Waals surface area contributed by atoms with Crippen LogP contribution in [-0.2, 0) is 14.8 Å². The third-order valence-corrected chi connectivity index (χ3v) is 4.54. The van der Waals surface area contributed by atoms with Crippen molar-refractivity contribution in [2.24, 2.45) is 0 Å². The van der Waals surface area contributed by atoms with E-state index in [1.807, 2.05) is 0 Å². The van der Waals surface area contributed by atoms with Gasteiger partial charge in [0.05, 0.1) is 19.6 Å². The number of methoxy groups -OCH3 is 1. The minimum Gasteiger partial charge on any atom is -0.549 e. The molecule has 1 rings (SSSR count). The number of likely N-dealkylation sites (N-methyl/N-ethyl adjacent to an activating group) is 1. The van der Waals surface area contributed by atoms with Crippen LogP contribution >= 0.6 is 0 Å². The molecule has 0 atom stereocenters.